The van der Waals surface area contributed by atoms with E-state index in [2.05, 4.69) is 46.9 Å². The van der Waals surface area contributed by atoms with E-state index < -0.39 is 0 Å². The first-order valence-corrected chi connectivity index (χ1v) is 14.3. The van der Waals surface area contributed by atoms with Crippen LogP contribution < -0.4 is 5.32 Å². The van der Waals surface area contributed by atoms with Crippen LogP contribution in [0.2, 0.25) is 0 Å². The molecule has 3 nitrogen and oxygen atoms in total. The highest BCUT2D eigenvalue weighted by Crippen LogP contribution is 2.72. The molecule has 7 atom stereocenters. The van der Waals surface area contributed by atoms with Gasteiger partial charge in [0, 0.05) is 6.04 Å². The third kappa shape index (κ3) is 3.45. The second-order valence-electron chi connectivity index (χ2n) is 14.3. The zero-order valence-corrected chi connectivity index (χ0v) is 22.3. The van der Waals surface area contributed by atoms with Crippen molar-refractivity contribution in [2.24, 2.45) is 39.4 Å². The second-order valence-corrected chi connectivity index (χ2v) is 14.3. The summed E-state index contributed by atoms with van der Waals surface area (Å²) >= 11 is 0. The molecule has 0 aromatic rings. The van der Waals surface area contributed by atoms with Crippen LogP contribution in [0.5, 0.6) is 0 Å². The molecule has 0 aromatic carbocycles. The number of aliphatic hydroxyl groups excluding tert-OH is 2. The highest BCUT2D eigenvalue weighted by Gasteiger charge is 2.63. The maximum atomic E-state index is 10.8. The molecule has 3 fully saturated rings. The van der Waals surface area contributed by atoms with Gasteiger partial charge in [0.25, 0.3) is 0 Å². The Bertz CT molecular complexity index is 797. The lowest BCUT2D eigenvalue weighted by Crippen LogP contribution is -2.55. The molecule has 3 saturated carbocycles. The van der Waals surface area contributed by atoms with Crippen LogP contribution in [-0.2, 0) is 0 Å². The zero-order valence-electron chi connectivity index (χ0n) is 22.3. The summed E-state index contributed by atoms with van der Waals surface area (Å²) in [6.07, 6.45) is 13.0. The average Bonchev–Trinajstić information content (AvgIpc) is 3.01. The van der Waals surface area contributed by atoms with Crippen LogP contribution in [0.25, 0.3) is 0 Å². The Hall–Kier alpha value is -0.380. The van der Waals surface area contributed by atoms with Crippen molar-refractivity contribution < 1.29 is 10.2 Å². The van der Waals surface area contributed by atoms with Crippen molar-refractivity contribution in [3.05, 3.63) is 11.1 Å². The highest BCUT2D eigenvalue weighted by molar-refractivity contribution is 5.38. The fraction of sp³-hybridized carbons (Fsp3) is 0.933. The smallest absolute Gasteiger partial charge is 0.0594 e. The van der Waals surface area contributed by atoms with Crippen LogP contribution >= 0.6 is 0 Å². The molecular weight excluding hydrogens is 406 g/mol. The normalized spacial score (nSPS) is 49.6. The predicted molar refractivity (Wildman–Crippen MR) is 136 cm³/mol. The standard InChI is InChI=1S/C30H51NO2/c1-19(12-16-31-20-17-21(32)18-20)22-9-14-30(6)24-7-8-25-27(2,3)26(33)11-13-28(25,4)23(24)10-15-29(22,30)5/h19-22,25-26,31-33H,7-18H2,1-6H3/t19-,20?,21?,22-,25+,26+,28-,29-,30+/m1/s1. The van der Waals surface area contributed by atoms with Gasteiger partial charge in [0.15, 0.2) is 0 Å². The number of nitrogens with one attached hydrogen (secondary N) is 1. The third-order valence-corrected chi connectivity index (χ3v) is 12.6. The first-order valence-electron chi connectivity index (χ1n) is 14.3. The molecule has 33 heavy (non-hydrogen) atoms. The summed E-state index contributed by atoms with van der Waals surface area (Å²) in [4.78, 5) is 0. The number of fused-ring (bicyclic) bond motifs is 4. The number of aliphatic hydroxyl groups is 2. The Morgan fingerprint density at radius 1 is 0.909 bits per heavy atom. The van der Waals surface area contributed by atoms with Crippen molar-refractivity contribution in [1.29, 1.82) is 0 Å². The summed E-state index contributed by atoms with van der Waals surface area (Å²) in [6.45, 7) is 16.2. The molecule has 0 heterocycles. The van der Waals surface area contributed by atoms with Crippen molar-refractivity contribution in [3.63, 3.8) is 0 Å². The molecule has 0 aliphatic heterocycles. The minimum absolute atomic E-state index is 0.0311. The zero-order chi connectivity index (χ0) is 23.8. The molecule has 5 aliphatic rings. The lowest BCUT2D eigenvalue weighted by Gasteiger charge is -2.62. The van der Waals surface area contributed by atoms with Crippen molar-refractivity contribution in [3.8, 4) is 0 Å². The molecule has 188 valence electrons. The van der Waals surface area contributed by atoms with Crippen molar-refractivity contribution in [1.82, 2.24) is 5.32 Å². The van der Waals surface area contributed by atoms with Crippen LogP contribution in [0.4, 0.5) is 0 Å². The highest BCUT2D eigenvalue weighted by atomic mass is 16.3. The van der Waals surface area contributed by atoms with Gasteiger partial charge in [-0.25, -0.2) is 0 Å². The van der Waals surface area contributed by atoms with Crippen LogP contribution in [0, 0.1) is 39.4 Å². The van der Waals surface area contributed by atoms with Crippen LogP contribution in [0.3, 0.4) is 0 Å². The first kappa shape index (κ1) is 24.3. The average molecular weight is 458 g/mol. The quantitative estimate of drug-likeness (QED) is 0.429. The number of allylic oxidation sites excluding steroid dienone is 2. The van der Waals surface area contributed by atoms with Crippen LogP contribution in [0.15, 0.2) is 11.1 Å². The number of hydrogen-bond donors (Lipinski definition) is 3. The van der Waals surface area contributed by atoms with Gasteiger partial charge in [-0.2, -0.15) is 0 Å². The van der Waals surface area contributed by atoms with Crippen molar-refractivity contribution in [2.75, 3.05) is 6.54 Å². The molecule has 0 unspecified atom stereocenters. The van der Waals surface area contributed by atoms with Gasteiger partial charge in [0.1, 0.15) is 0 Å². The lowest BCUT2D eigenvalue weighted by atomic mass is 9.43. The predicted octanol–water partition coefficient (Wildman–Crippen LogP) is 6.24. The Morgan fingerprint density at radius 3 is 2.33 bits per heavy atom. The van der Waals surface area contributed by atoms with E-state index in [1.54, 1.807) is 0 Å². The van der Waals surface area contributed by atoms with Crippen LogP contribution in [-0.4, -0.2) is 35.0 Å². The fourth-order valence-electron chi connectivity index (χ4n) is 10.1. The SMILES string of the molecule is C[C@H](CCNC1CC(O)C1)[C@H]1CC[C@@]2(C)C3=C(CC[C@]12C)[C@@]1(C)CC[C@H](O)C(C)(C)[C@@H]1CC3. The summed E-state index contributed by atoms with van der Waals surface area (Å²) in [5.41, 5.74) is 4.80. The molecule has 0 aromatic heterocycles. The molecule has 0 amide bonds. The number of rotatable bonds is 5. The molecular formula is C30H51NO2. The second kappa shape index (κ2) is 8.07. The van der Waals surface area contributed by atoms with Gasteiger partial charge >= 0.3 is 0 Å². The summed E-state index contributed by atoms with van der Waals surface area (Å²) in [7, 11) is 0. The Kier molecular flexibility index (Phi) is 5.95. The minimum Gasteiger partial charge on any atom is -0.393 e. The van der Waals surface area contributed by atoms with E-state index in [-0.39, 0.29) is 17.6 Å². The van der Waals surface area contributed by atoms with E-state index in [1.165, 1.54) is 51.4 Å². The lowest BCUT2D eigenvalue weighted by molar-refractivity contribution is -0.0962. The van der Waals surface area contributed by atoms with E-state index in [0.29, 0.717) is 28.2 Å². The van der Waals surface area contributed by atoms with E-state index in [1.807, 2.05) is 11.1 Å². The first-order chi connectivity index (χ1) is 15.4. The van der Waals surface area contributed by atoms with Gasteiger partial charge in [-0.3, -0.25) is 0 Å². The largest absolute Gasteiger partial charge is 0.393 e. The molecule has 5 rings (SSSR count). The maximum absolute atomic E-state index is 10.8. The third-order valence-electron chi connectivity index (χ3n) is 12.6. The summed E-state index contributed by atoms with van der Waals surface area (Å²) in [6, 6.07) is 0.549. The van der Waals surface area contributed by atoms with Crippen molar-refractivity contribution >= 4 is 0 Å². The van der Waals surface area contributed by atoms with Gasteiger partial charge < -0.3 is 15.5 Å². The van der Waals surface area contributed by atoms with E-state index in [0.717, 1.165) is 37.6 Å². The maximum Gasteiger partial charge on any atom is 0.0594 e. The Balaban J connectivity index is 1.35. The van der Waals surface area contributed by atoms with Gasteiger partial charge in [-0.1, -0.05) is 52.7 Å². The Morgan fingerprint density at radius 2 is 1.64 bits per heavy atom. The van der Waals surface area contributed by atoms with Gasteiger partial charge in [0.2, 0.25) is 0 Å². The molecule has 3 N–H and O–H groups in total. The Labute approximate surface area is 203 Å². The molecule has 0 bridgehead atoms. The fourth-order valence-corrected chi connectivity index (χ4v) is 10.1. The molecule has 5 aliphatic carbocycles. The van der Waals surface area contributed by atoms with Gasteiger partial charge in [0.05, 0.1) is 12.2 Å². The molecule has 3 heteroatoms. The summed E-state index contributed by atoms with van der Waals surface area (Å²) < 4.78 is 0. The van der Waals surface area contributed by atoms with Crippen LogP contribution in [0.1, 0.15) is 112 Å². The number of hydrogen-bond acceptors (Lipinski definition) is 3. The van der Waals surface area contributed by atoms with E-state index in [9.17, 15) is 10.2 Å². The van der Waals surface area contributed by atoms with Gasteiger partial charge in [-0.05, 0) is 117 Å². The monoisotopic (exact) mass is 457 g/mol. The minimum atomic E-state index is -0.143. The summed E-state index contributed by atoms with van der Waals surface area (Å²) in [5.74, 6) is 2.19. The van der Waals surface area contributed by atoms with E-state index in [4.69, 9.17) is 0 Å². The molecule has 0 spiro atoms. The van der Waals surface area contributed by atoms with Crippen molar-refractivity contribution in [2.45, 2.75) is 130 Å². The molecule has 0 saturated heterocycles. The van der Waals surface area contributed by atoms with Gasteiger partial charge in [-0.15, -0.1) is 0 Å². The summed E-state index contributed by atoms with van der Waals surface area (Å²) in [5, 5.41) is 24.1. The topological polar surface area (TPSA) is 52.5 Å². The molecule has 0 radical (unpaired) electrons. The van der Waals surface area contributed by atoms with E-state index >= 15 is 0 Å².